The lowest BCUT2D eigenvalue weighted by atomic mass is 10.1. The smallest absolute Gasteiger partial charge is 0.161 e. The molecule has 90 valence electrons. The van der Waals surface area contributed by atoms with E-state index < -0.39 is 5.82 Å². The van der Waals surface area contributed by atoms with Crippen molar-refractivity contribution in [2.75, 3.05) is 0 Å². The number of hydrogen-bond acceptors (Lipinski definition) is 4. The molecule has 0 aliphatic heterocycles. The lowest BCUT2D eigenvalue weighted by Crippen LogP contribution is -1.98. The van der Waals surface area contributed by atoms with Crippen LogP contribution in [0.25, 0.3) is 11.3 Å². The summed E-state index contributed by atoms with van der Waals surface area (Å²) in [5.41, 5.74) is 0.873. The number of rotatable bonds is 1. The second-order valence-corrected chi connectivity index (χ2v) is 4.16. The third kappa shape index (κ3) is 2.13. The first-order valence-electron chi connectivity index (χ1n) is 4.79. The van der Waals surface area contributed by atoms with Gasteiger partial charge in [-0.25, -0.2) is 4.39 Å². The van der Waals surface area contributed by atoms with Crippen LogP contribution in [0.15, 0.2) is 12.3 Å². The Morgan fingerprint density at radius 2 is 1.94 bits per heavy atom. The Balaban J connectivity index is 2.70. The van der Waals surface area contributed by atoms with E-state index in [1.807, 2.05) is 0 Å². The number of pyridine rings is 1. The molecule has 7 heteroatoms. The highest BCUT2D eigenvalue weighted by atomic mass is 35.5. The van der Waals surface area contributed by atoms with Crippen molar-refractivity contribution in [3.05, 3.63) is 39.5 Å². The number of aromatic nitrogens is 3. The quantitative estimate of drug-likeness (QED) is 0.806. The fourth-order valence-corrected chi connectivity index (χ4v) is 1.83. The molecular formula is C11H5Cl2FN4. The molecule has 0 atom stereocenters. The van der Waals surface area contributed by atoms with Crippen molar-refractivity contribution >= 4 is 23.2 Å². The molecule has 0 unspecified atom stereocenters. The van der Waals surface area contributed by atoms with Gasteiger partial charge >= 0.3 is 0 Å². The highest BCUT2D eigenvalue weighted by molar-refractivity contribution is 6.34. The van der Waals surface area contributed by atoms with Gasteiger partial charge in [0.2, 0.25) is 0 Å². The molecule has 0 aromatic carbocycles. The van der Waals surface area contributed by atoms with Crippen LogP contribution in [-0.4, -0.2) is 15.2 Å². The Hall–Kier alpha value is -1.77. The average molecular weight is 283 g/mol. The maximum atomic E-state index is 13.9. The van der Waals surface area contributed by atoms with Crippen molar-refractivity contribution in [1.82, 2.24) is 15.2 Å². The van der Waals surface area contributed by atoms with Gasteiger partial charge in [-0.05, 0) is 13.0 Å². The third-order valence-electron chi connectivity index (χ3n) is 2.32. The lowest BCUT2D eigenvalue weighted by Gasteiger charge is -2.08. The van der Waals surface area contributed by atoms with E-state index in [0.717, 1.165) is 6.07 Å². The fourth-order valence-electron chi connectivity index (χ4n) is 1.43. The number of hydrogen-bond donors (Lipinski definition) is 0. The van der Waals surface area contributed by atoms with E-state index in [-0.39, 0.29) is 27.1 Å². The van der Waals surface area contributed by atoms with Gasteiger partial charge in [0.15, 0.2) is 16.1 Å². The van der Waals surface area contributed by atoms with Crippen LogP contribution in [-0.2, 0) is 0 Å². The van der Waals surface area contributed by atoms with Crippen molar-refractivity contribution in [3.8, 4) is 17.3 Å². The second kappa shape index (κ2) is 4.84. The van der Waals surface area contributed by atoms with Crippen molar-refractivity contribution in [3.63, 3.8) is 0 Å². The predicted octanol–water partition coefficient (Wildman–Crippen LogP) is 3.16. The molecule has 0 N–H and O–H groups in total. The summed E-state index contributed by atoms with van der Waals surface area (Å²) in [5.74, 6) is -0.664. The highest BCUT2D eigenvalue weighted by Gasteiger charge is 2.17. The molecule has 4 nitrogen and oxygen atoms in total. The monoisotopic (exact) mass is 282 g/mol. The zero-order valence-corrected chi connectivity index (χ0v) is 10.6. The van der Waals surface area contributed by atoms with Crippen LogP contribution in [0, 0.1) is 24.1 Å². The Labute approximate surface area is 112 Å². The maximum absolute atomic E-state index is 13.9. The average Bonchev–Trinajstić information content (AvgIpc) is 2.36. The fraction of sp³-hybridized carbons (Fsp3) is 0.0909. The molecule has 0 radical (unpaired) electrons. The van der Waals surface area contributed by atoms with E-state index in [9.17, 15) is 4.39 Å². The van der Waals surface area contributed by atoms with Gasteiger partial charge in [-0.1, -0.05) is 23.2 Å². The maximum Gasteiger partial charge on any atom is 0.161 e. The zero-order chi connectivity index (χ0) is 13.3. The zero-order valence-electron chi connectivity index (χ0n) is 9.08. The summed E-state index contributed by atoms with van der Waals surface area (Å²) in [7, 11) is 0. The summed E-state index contributed by atoms with van der Waals surface area (Å²) < 4.78 is 13.9. The summed E-state index contributed by atoms with van der Waals surface area (Å²) in [4.78, 5) is 3.87. The van der Waals surface area contributed by atoms with Crippen molar-refractivity contribution in [2.24, 2.45) is 0 Å². The molecule has 0 aliphatic rings. The van der Waals surface area contributed by atoms with Crippen LogP contribution in [0.2, 0.25) is 10.3 Å². The molecule has 2 aromatic rings. The molecule has 0 aliphatic carbocycles. The molecule has 2 rings (SSSR count). The molecule has 2 aromatic heterocycles. The number of nitrogens with zero attached hydrogens (tertiary/aromatic N) is 4. The van der Waals surface area contributed by atoms with Crippen LogP contribution in [0.5, 0.6) is 0 Å². The van der Waals surface area contributed by atoms with Gasteiger partial charge in [-0.3, -0.25) is 4.98 Å². The molecule has 0 saturated carbocycles. The van der Waals surface area contributed by atoms with Gasteiger partial charge < -0.3 is 0 Å². The summed E-state index contributed by atoms with van der Waals surface area (Å²) in [6.07, 6.45) is 1.25. The van der Waals surface area contributed by atoms with E-state index in [1.165, 1.54) is 6.20 Å². The molecular weight excluding hydrogens is 278 g/mol. The van der Waals surface area contributed by atoms with Gasteiger partial charge in [-0.15, -0.1) is 10.2 Å². The highest BCUT2D eigenvalue weighted by Crippen LogP contribution is 2.32. The Morgan fingerprint density at radius 3 is 2.56 bits per heavy atom. The number of nitriles is 1. The van der Waals surface area contributed by atoms with Crippen LogP contribution in [0.1, 0.15) is 11.1 Å². The topological polar surface area (TPSA) is 62.5 Å². The number of halogens is 3. The normalized spacial score (nSPS) is 10.2. The third-order valence-corrected chi connectivity index (χ3v) is 2.95. The van der Waals surface area contributed by atoms with E-state index in [1.54, 1.807) is 13.0 Å². The Bertz CT molecular complexity index is 667. The summed E-state index contributed by atoms with van der Waals surface area (Å²) in [6.45, 7) is 1.64. The minimum Gasteiger partial charge on any atom is -0.252 e. The summed E-state index contributed by atoms with van der Waals surface area (Å²) in [5, 5.41) is 16.0. The summed E-state index contributed by atoms with van der Waals surface area (Å²) >= 11 is 11.7. The summed E-state index contributed by atoms with van der Waals surface area (Å²) in [6, 6.07) is 2.87. The predicted molar refractivity (Wildman–Crippen MR) is 64.7 cm³/mol. The minimum atomic E-state index is -0.664. The molecule has 0 spiro atoms. The molecule has 18 heavy (non-hydrogen) atoms. The Kier molecular flexibility index (Phi) is 3.41. The van der Waals surface area contributed by atoms with Gasteiger partial charge in [0.1, 0.15) is 11.8 Å². The molecule has 0 saturated heterocycles. The van der Waals surface area contributed by atoms with E-state index >= 15 is 0 Å². The van der Waals surface area contributed by atoms with Crippen molar-refractivity contribution in [2.45, 2.75) is 6.92 Å². The second-order valence-electron chi connectivity index (χ2n) is 3.45. The van der Waals surface area contributed by atoms with Gasteiger partial charge in [0.05, 0.1) is 5.56 Å². The largest absolute Gasteiger partial charge is 0.252 e. The minimum absolute atomic E-state index is 0.00620. The first-order chi connectivity index (χ1) is 8.54. The van der Waals surface area contributed by atoms with Crippen molar-refractivity contribution in [1.29, 1.82) is 5.26 Å². The van der Waals surface area contributed by atoms with Crippen LogP contribution in [0.4, 0.5) is 4.39 Å². The first kappa shape index (κ1) is 12.7. The SMILES string of the molecule is Cc1c(Cl)nnc(Cl)c1-c1ncc(C#N)cc1F. The van der Waals surface area contributed by atoms with Gasteiger partial charge in [0.25, 0.3) is 0 Å². The van der Waals surface area contributed by atoms with Gasteiger partial charge in [-0.2, -0.15) is 5.26 Å². The Morgan fingerprint density at radius 1 is 1.28 bits per heavy atom. The van der Waals surface area contributed by atoms with Crippen LogP contribution >= 0.6 is 23.2 Å². The standard InChI is InChI=1S/C11H5Cl2FN4/c1-5-8(11(13)18-17-10(5)12)9-7(14)2-6(3-15)4-16-9/h2,4H,1H3. The van der Waals surface area contributed by atoms with E-state index in [4.69, 9.17) is 28.5 Å². The molecule has 0 fully saturated rings. The lowest BCUT2D eigenvalue weighted by molar-refractivity contribution is 0.625. The van der Waals surface area contributed by atoms with Crippen molar-refractivity contribution < 1.29 is 4.39 Å². The molecule has 2 heterocycles. The van der Waals surface area contributed by atoms with Crippen LogP contribution in [0.3, 0.4) is 0 Å². The molecule has 0 amide bonds. The van der Waals surface area contributed by atoms with Gasteiger partial charge in [0, 0.05) is 17.3 Å². The first-order valence-corrected chi connectivity index (χ1v) is 5.54. The molecule has 0 bridgehead atoms. The van der Waals surface area contributed by atoms with Crippen LogP contribution < -0.4 is 0 Å². The van der Waals surface area contributed by atoms with E-state index in [0.29, 0.717) is 5.56 Å². The van der Waals surface area contributed by atoms with E-state index in [2.05, 4.69) is 15.2 Å².